The van der Waals surface area contributed by atoms with Crippen molar-refractivity contribution in [3.63, 3.8) is 0 Å². The molecule has 0 radical (unpaired) electrons. The molecule has 104 valence electrons. The monoisotopic (exact) mass is 378 g/mol. The predicted octanol–water partition coefficient (Wildman–Crippen LogP) is 5.50. The SMILES string of the molecule is N#Cc1sc(-c2c(F)cccc2Br)c(-c2cccs2)c1N. The van der Waals surface area contributed by atoms with E-state index in [1.54, 1.807) is 12.1 Å². The van der Waals surface area contributed by atoms with Gasteiger partial charge >= 0.3 is 0 Å². The standard InChI is InChI=1S/C15H8BrFN2S2/c16-8-3-1-4-9(17)12(8)15-13(10-5-2-6-20-10)14(19)11(7-18)21-15/h1-6H,19H2. The van der Waals surface area contributed by atoms with Crippen LogP contribution in [0, 0.1) is 17.1 Å². The number of hydrogen-bond acceptors (Lipinski definition) is 4. The summed E-state index contributed by atoms with van der Waals surface area (Å²) in [5.74, 6) is -0.340. The lowest BCUT2D eigenvalue weighted by Crippen LogP contribution is -1.89. The third-order valence-corrected chi connectivity index (χ3v) is 5.68. The first-order chi connectivity index (χ1) is 10.1. The Kier molecular flexibility index (Phi) is 3.81. The molecule has 21 heavy (non-hydrogen) atoms. The molecule has 3 rings (SSSR count). The zero-order valence-electron chi connectivity index (χ0n) is 10.6. The fourth-order valence-electron chi connectivity index (χ4n) is 2.08. The zero-order chi connectivity index (χ0) is 15.0. The molecule has 0 aliphatic heterocycles. The van der Waals surface area contributed by atoms with E-state index < -0.39 is 0 Å². The third-order valence-electron chi connectivity index (χ3n) is 3.00. The minimum absolute atomic E-state index is 0.340. The van der Waals surface area contributed by atoms with Gasteiger partial charge in [-0.05, 0) is 23.6 Å². The second-order valence-electron chi connectivity index (χ2n) is 4.23. The summed E-state index contributed by atoms with van der Waals surface area (Å²) in [6, 6.07) is 10.7. The molecule has 2 N–H and O–H groups in total. The van der Waals surface area contributed by atoms with E-state index in [2.05, 4.69) is 22.0 Å². The Morgan fingerprint density at radius 1 is 1.19 bits per heavy atom. The highest BCUT2D eigenvalue weighted by atomic mass is 79.9. The first kappa shape index (κ1) is 14.3. The number of thiophene rings is 2. The van der Waals surface area contributed by atoms with Crippen LogP contribution in [0.1, 0.15) is 4.88 Å². The van der Waals surface area contributed by atoms with Crippen LogP contribution < -0.4 is 5.73 Å². The molecular weight excluding hydrogens is 371 g/mol. The van der Waals surface area contributed by atoms with Crippen LogP contribution in [0.4, 0.5) is 10.1 Å². The van der Waals surface area contributed by atoms with Crippen LogP contribution in [0.25, 0.3) is 20.9 Å². The van der Waals surface area contributed by atoms with Gasteiger partial charge in [0.25, 0.3) is 0 Å². The molecule has 3 aromatic rings. The van der Waals surface area contributed by atoms with Crippen molar-refractivity contribution in [3.05, 3.63) is 50.9 Å². The van der Waals surface area contributed by atoms with Crippen LogP contribution in [0.2, 0.25) is 0 Å². The summed E-state index contributed by atoms with van der Waals surface area (Å²) in [5.41, 5.74) is 7.69. The molecule has 0 atom stereocenters. The van der Waals surface area contributed by atoms with Gasteiger partial charge in [0.15, 0.2) is 0 Å². The quantitative estimate of drug-likeness (QED) is 0.639. The van der Waals surface area contributed by atoms with Crippen molar-refractivity contribution in [2.45, 2.75) is 0 Å². The predicted molar refractivity (Wildman–Crippen MR) is 89.9 cm³/mol. The smallest absolute Gasteiger partial charge is 0.133 e. The summed E-state index contributed by atoms with van der Waals surface area (Å²) in [6.45, 7) is 0. The number of nitrogens with zero attached hydrogens (tertiary/aromatic N) is 1. The summed E-state index contributed by atoms with van der Waals surface area (Å²) < 4.78 is 14.9. The molecule has 0 saturated carbocycles. The van der Waals surface area contributed by atoms with Crippen LogP contribution in [-0.2, 0) is 0 Å². The number of nitrogens with two attached hydrogens (primary N) is 1. The van der Waals surface area contributed by atoms with E-state index in [-0.39, 0.29) is 5.82 Å². The van der Waals surface area contributed by atoms with E-state index in [0.29, 0.717) is 25.5 Å². The first-order valence-electron chi connectivity index (χ1n) is 5.94. The molecule has 6 heteroatoms. The van der Waals surface area contributed by atoms with Gasteiger partial charge < -0.3 is 5.73 Å². The minimum atomic E-state index is -0.340. The van der Waals surface area contributed by atoms with Crippen LogP contribution in [0.5, 0.6) is 0 Å². The van der Waals surface area contributed by atoms with Gasteiger partial charge in [-0.15, -0.1) is 22.7 Å². The minimum Gasteiger partial charge on any atom is -0.396 e. The Bertz CT molecular complexity index is 827. The van der Waals surface area contributed by atoms with Crippen molar-refractivity contribution < 1.29 is 4.39 Å². The highest BCUT2D eigenvalue weighted by Crippen LogP contribution is 2.48. The van der Waals surface area contributed by atoms with Crippen molar-refractivity contribution in [1.29, 1.82) is 5.26 Å². The van der Waals surface area contributed by atoms with Crippen molar-refractivity contribution in [2.75, 3.05) is 5.73 Å². The first-order valence-corrected chi connectivity index (χ1v) is 8.43. The summed E-state index contributed by atoms with van der Waals surface area (Å²) >= 11 is 6.11. The summed E-state index contributed by atoms with van der Waals surface area (Å²) in [5, 5.41) is 11.1. The average Bonchev–Trinajstić information content (AvgIpc) is 3.06. The number of anilines is 1. The van der Waals surface area contributed by atoms with Gasteiger partial charge in [0, 0.05) is 20.5 Å². The molecule has 0 amide bonds. The highest BCUT2D eigenvalue weighted by Gasteiger charge is 2.23. The van der Waals surface area contributed by atoms with Gasteiger partial charge in [-0.3, -0.25) is 0 Å². The molecule has 0 bridgehead atoms. The van der Waals surface area contributed by atoms with E-state index in [9.17, 15) is 9.65 Å². The molecule has 0 unspecified atom stereocenters. The molecule has 1 aromatic carbocycles. The topological polar surface area (TPSA) is 49.8 Å². The molecule has 0 fully saturated rings. The molecule has 0 aliphatic rings. The number of nitrogen functional groups attached to an aromatic ring is 1. The summed E-state index contributed by atoms with van der Waals surface area (Å²) in [7, 11) is 0. The Hall–Kier alpha value is -1.68. The number of benzene rings is 1. The summed E-state index contributed by atoms with van der Waals surface area (Å²) in [4.78, 5) is 2.01. The van der Waals surface area contributed by atoms with Gasteiger partial charge in [-0.2, -0.15) is 5.26 Å². The van der Waals surface area contributed by atoms with Crippen LogP contribution in [0.15, 0.2) is 40.2 Å². The van der Waals surface area contributed by atoms with E-state index in [1.807, 2.05) is 17.5 Å². The maximum Gasteiger partial charge on any atom is 0.133 e. The van der Waals surface area contributed by atoms with E-state index in [1.165, 1.54) is 28.7 Å². The fourth-order valence-corrected chi connectivity index (χ4v) is 4.70. The van der Waals surface area contributed by atoms with Gasteiger partial charge in [-0.25, -0.2) is 4.39 Å². The molecule has 0 saturated heterocycles. The molecule has 2 nitrogen and oxygen atoms in total. The Morgan fingerprint density at radius 3 is 2.62 bits per heavy atom. The van der Waals surface area contributed by atoms with E-state index >= 15 is 0 Å². The number of nitriles is 1. The average molecular weight is 379 g/mol. The van der Waals surface area contributed by atoms with Gasteiger partial charge in [0.05, 0.1) is 10.6 Å². The van der Waals surface area contributed by atoms with Gasteiger partial charge in [0.2, 0.25) is 0 Å². The lowest BCUT2D eigenvalue weighted by Gasteiger charge is -2.07. The van der Waals surface area contributed by atoms with Crippen molar-refractivity contribution in [3.8, 4) is 27.0 Å². The van der Waals surface area contributed by atoms with Gasteiger partial charge in [0.1, 0.15) is 16.8 Å². The second-order valence-corrected chi connectivity index (χ2v) is 7.06. The van der Waals surface area contributed by atoms with Crippen LogP contribution in [0.3, 0.4) is 0 Å². The third kappa shape index (κ3) is 2.38. The molecule has 0 spiro atoms. The fraction of sp³-hybridized carbons (Fsp3) is 0. The maximum absolute atomic E-state index is 14.3. The van der Waals surface area contributed by atoms with Crippen LogP contribution >= 0.6 is 38.6 Å². The van der Waals surface area contributed by atoms with Crippen LogP contribution in [-0.4, -0.2) is 0 Å². The number of halogens is 2. The Balaban J connectivity index is 2.36. The molecule has 0 aliphatic carbocycles. The highest BCUT2D eigenvalue weighted by molar-refractivity contribution is 9.10. The van der Waals surface area contributed by atoms with E-state index in [0.717, 1.165) is 10.4 Å². The normalized spacial score (nSPS) is 10.5. The van der Waals surface area contributed by atoms with E-state index in [4.69, 9.17) is 5.73 Å². The lowest BCUT2D eigenvalue weighted by atomic mass is 10.1. The largest absolute Gasteiger partial charge is 0.396 e. The molecular formula is C15H8BrFN2S2. The Labute approximate surface area is 137 Å². The zero-order valence-corrected chi connectivity index (χ0v) is 13.8. The number of hydrogen-bond donors (Lipinski definition) is 1. The van der Waals surface area contributed by atoms with Gasteiger partial charge in [-0.1, -0.05) is 28.1 Å². The second kappa shape index (κ2) is 5.60. The maximum atomic E-state index is 14.3. The lowest BCUT2D eigenvalue weighted by molar-refractivity contribution is 0.631. The van der Waals surface area contributed by atoms with Crippen molar-refractivity contribution >= 4 is 44.3 Å². The molecule has 2 aromatic heterocycles. The number of rotatable bonds is 2. The Morgan fingerprint density at radius 2 is 2.00 bits per heavy atom. The summed E-state index contributed by atoms with van der Waals surface area (Å²) in [6.07, 6.45) is 0. The van der Waals surface area contributed by atoms with Crippen molar-refractivity contribution in [2.24, 2.45) is 0 Å². The molecule has 2 heterocycles. The van der Waals surface area contributed by atoms with Crippen molar-refractivity contribution in [1.82, 2.24) is 0 Å².